The van der Waals surface area contributed by atoms with Crippen LogP contribution in [0.3, 0.4) is 0 Å². The van der Waals surface area contributed by atoms with Crippen LogP contribution in [-0.2, 0) is 70.0 Å². The number of nitrogens with one attached hydrogen (secondary N) is 2. The van der Waals surface area contributed by atoms with Gasteiger partial charge in [0.25, 0.3) is 11.8 Å². The van der Waals surface area contributed by atoms with Crippen molar-refractivity contribution < 1.29 is 79.7 Å². The van der Waals surface area contributed by atoms with Crippen LogP contribution in [0.25, 0.3) is 33.9 Å². The van der Waals surface area contributed by atoms with Gasteiger partial charge in [-0.1, -0.05) is 47.5 Å². The summed E-state index contributed by atoms with van der Waals surface area (Å²) in [5, 5.41) is 5.43. The number of aromatic nitrogens is 4. The van der Waals surface area contributed by atoms with E-state index < -0.39 is 74.5 Å². The number of amides is 4. The molecule has 0 aliphatic carbocycles. The van der Waals surface area contributed by atoms with Gasteiger partial charge in [0, 0.05) is 119 Å². The molecule has 1 fully saturated rings. The zero-order chi connectivity index (χ0) is 52.9. The van der Waals surface area contributed by atoms with Gasteiger partial charge >= 0.3 is 5.97 Å². The average molecular weight is 1220 g/mol. The number of unbranched alkanes of at least 4 members (excludes halogenated alkanes) is 1. The fraction of sp³-hybridized carbons (Fsp3) is 0.269. The van der Waals surface area contributed by atoms with Crippen LogP contribution in [0.5, 0.6) is 0 Å². The molecule has 4 amide bonds. The molecule has 1 saturated heterocycles. The van der Waals surface area contributed by atoms with E-state index in [2.05, 4.69) is 42.7 Å². The summed E-state index contributed by atoms with van der Waals surface area (Å²) < 4.78 is 75.4. The van der Waals surface area contributed by atoms with Crippen LogP contribution in [0.1, 0.15) is 62.5 Å². The molecule has 0 spiro atoms. The largest absolute Gasteiger partial charge is 0.354 e. The monoisotopic (exact) mass is 1220 g/mol. The van der Waals surface area contributed by atoms with E-state index in [1.807, 2.05) is 19.1 Å². The van der Waals surface area contributed by atoms with Crippen LogP contribution >= 0.6 is 0 Å². The molecule has 74 heavy (non-hydrogen) atoms. The summed E-state index contributed by atoms with van der Waals surface area (Å²) in [6, 6.07) is 25.0. The van der Waals surface area contributed by atoms with Gasteiger partial charge in [0.2, 0.25) is 11.8 Å². The predicted molar refractivity (Wildman–Crippen MR) is 257 cm³/mol. The van der Waals surface area contributed by atoms with E-state index in [4.69, 9.17) is 4.84 Å². The van der Waals surface area contributed by atoms with Crippen LogP contribution in [0.15, 0.2) is 110 Å². The minimum Gasteiger partial charge on any atom is -0.354 e. The Morgan fingerprint density at radius 2 is 1.26 bits per heavy atom. The fourth-order valence-corrected chi connectivity index (χ4v) is 7.59. The number of sulfone groups is 1. The second-order valence-electron chi connectivity index (χ2n) is 16.4. The van der Waals surface area contributed by atoms with E-state index in [9.17, 15) is 54.7 Å². The van der Waals surface area contributed by atoms with Gasteiger partial charge in [0.05, 0.1) is 17.1 Å². The Morgan fingerprint density at radius 3 is 1.78 bits per heavy atom. The summed E-state index contributed by atoms with van der Waals surface area (Å²) >= 11 is 0. The Hall–Kier alpha value is -7.42. The number of nitrogens with zero attached hydrogens (tertiary/aromatic N) is 5. The quantitative estimate of drug-likeness (QED) is 0.0369. The van der Waals surface area contributed by atoms with Gasteiger partial charge in [-0.3, -0.25) is 51.5 Å². The maximum Gasteiger partial charge on any atom is 0.333 e. The molecule has 1 aliphatic heterocycles. The molecule has 5 heterocycles. The Bertz CT molecular complexity index is 2910. The van der Waals surface area contributed by atoms with Gasteiger partial charge in [-0.25, -0.2) is 13.2 Å². The maximum absolute atomic E-state index is 13.2. The molecule has 6 aromatic rings. The van der Waals surface area contributed by atoms with E-state index in [0.29, 0.717) is 34.3 Å². The van der Waals surface area contributed by atoms with Crippen molar-refractivity contribution in [1.29, 1.82) is 0 Å². The Labute approximate surface area is 438 Å². The van der Waals surface area contributed by atoms with Crippen molar-refractivity contribution in [1.82, 2.24) is 35.6 Å². The molecular weight excluding hydrogens is 1170 g/mol. The number of halogens is 4. The second kappa shape index (κ2) is 29.3. The number of ketones is 1. The molecule has 391 valence electrons. The van der Waals surface area contributed by atoms with Crippen LogP contribution < -0.4 is 10.6 Å². The summed E-state index contributed by atoms with van der Waals surface area (Å²) in [7, 11) is -3.64. The summed E-state index contributed by atoms with van der Waals surface area (Å²) in [4.78, 5) is 94.0. The number of carbonyl (C=O) groups excluding carboxylic acids is 6. The zero-order valence-corrected chi connectivity index (χ0v) is 43.1. The Morgan fingerprint density at radius 1 is 0.703 bits per heavy atom. The third-order valence-electron chi connectivity index (χ3n) is 10.2. The first kappa shape index (κ1) is 59.1. The summed E-state index contributed by atoms with van der Waals surface area (Å²) in [6.07, 6.45) is 8.15. The predicted octanol–water partition coefficient (Wildman–Crippen LogP) is 6.81. The van der Waals surface area contributed by atoms with Crippen molar-refractivity contribution in [2.45, 2.75) is 70.8 Å². The molecule has 0 bridgehead atoms. The Balaban J connectivity index is 0.000000327. The number of benzene rings is 2. The molecular formula is C52H49F4IrN7O9S-2. The number of pyridine rings is 4. The molecule has 7 rings (SSSR count). The fourth-order valence-electron chi connectivity index (χ4n) is 6.75. The summed E-state index contributed by atoms with van der Waals surface area (Å²) in [5.74, 6) is -6.50. The molecule has 16 nitrogen and oxygen atoms in total. The number of hydroxylamine groups is 2. The van der Waals surface area contributed by atoms with Crippen LogP contribution in [0.4, 0.5) is 17.6 Å². The van der Waals surface area contributed by atoms with E-state index in [0.717, 1.165) is 41.6 Å². The molecule has 2 N–H and O–H groups in total. The van der Waals surface area contributed by atoms with Crippen molar-refractivity contribution in [3.8, 4) is 33.9 Å². The van der Waals surface area contributed by atoms with Crippen molar-refractivity contribution in [3.05, 3.63) is 156 Å². The average Bonchev–Trinajstić information content (AvgIpc) is 3.66. The van der Waals surface area contributed by atoms with E-state index >= 15 is 0 Å². The number of carbonyl (C=O) groups is 6. The molecule has 22 heteroatoms. The molecule has 1 atom stereocenters. The molecule has 1 aliphatic rings. The number of aryl methyl sites for hydroxylation is 1. The first-order chi connectivity index (χ1) is 34.8. The van der Waals surface area contributed by atoms with E-state index in [1.165, 1.54) is 0 Å². The smallest absolute Gasteiger partial charge is 0.333 e. The first-order valence-electron chi connectivity index (χ1n) is 22.6. The normalized spacial score (nSPS) is 12.2. The van der Waals surface area contributed by atoms with Gasteiger partial charge in [-0.05, 0) is 85.1 Å². The zero-order valence-electron chi connectivity index (χ0n) is 39.9. The summed E-state index contributed by atoms with van der Waals surface area (Å²) in [6.45, 7) is 2.02. The third kappa shape index (κ3) is 19.9. The maximum atomic E-state index is 13.2. The van der Waals surface area contributed by atoms with Gasteiger partial charge < -0.3 is 25.4 Å². The van der Waals surface area contributed by atoms with Crippen LogP contribution in [-0.4, -0.2) is 93.4 Å². The number of hydrogen-bond donors (Lipinski definition) is 2. The second-order valence-corrected chi connectivity index (χ2v) is 18.5. The molecule has 1 unspecified atom stereocenters. The molecule has 2 aromatic carbocycles. The Kier molecular flexibility index (Phi) is 23.4. The van der Waals surface area contributed by atoms with E-state index in [-0.39, 0.29) is 94.9 Å². The third-order valence-corrected chi connectivity index (χ3v) is 11.2. The molecule has 1 radical (unpaired) electrons. The van der Waals surface area contributed by atoms with E-state index in [1.54, 1.807) is 73.3 Å². The van der Waals surface area contributed by atoms with Gasteiger partial charge in [-0.2, -0.15) is 0 Å². The standard InChI is InChI=1S/C30H37N5O9S.2C11H6F2N.Ir/c1-20-11-14-31-23(16-20)24-18-21(12-15-32-24)17-22(36)6-5-7-26(37)34-25(19-45(2,42)43)30(41)33-13-4-3-8-29(40)44-35-27(38)9-10-28(35)39;2*12-8-4-5-9(10(13)7-8)11-3-1-2-6-14-11;/h11-12,14-16,18,25H,3-10,13,17,19H2,1-2H3,(H,33,41)(H,34,37);2*1-4,6-7H;/q;2*-1;. The first-order valence-corrected chi connectivity index (χ1v) is 24.7. The number of rotatable bonds is 19. The van der Waals surface area contributed by atoms with Crippen molar-refractivity contribution in [3.63, 3.8) is 0 Å². The topological polar surface area (TPSA) is 225 Å². The van der Waals surface area contributed by atoms with Crippen LogP contribution in [0, 0.1) is 42.3 Å². The number of imide groups is 1. The van der Waals surface area contributed by atoms with Crippen molar-refractivity contribution in [2.24, 2.45) is 0 Å². The van der Waals surface area contributed by atoms with Crippen molar-refractivity contribution in [2.75, 3.05) is 18.6 Å². The SMILES string of the molecule is Cc1ccnc(-c2cc(CC(=O)CCCC(=O)NC(CS(C)(=O)=O)C(=O)NCCCCC(=O)ON3C(=O)CCC3=O)ccn2)c1.Fc1c[c-]c(-c2ccccn2)c(F)c1.Fc1c[c-]c(-c2ccccn2)c(F)c1.[Ir]. The van der Waals surface area contributed by atoms with Crippen molar-refractivity contribution >= 4 is 45.2 Å². The number of hydrogen-bond acceptors (Lipinski definition) is 13. The van der Waals surface area contributed by atoms with Gasteiger partial charge in [0.1, 0.15) is 21.7 Å². The van der Waals surface area contributed by atoms with Crippen LogP contribution in [0.2, 0.25) is 0 Å². The molecule has 4 aromatic heterocycles. The number of Topliss-reactive ketones (excluding diaryl/α,β-unsaturated/α-hetero) is 1. The minimum absolute atomic E-state index is 0. The molecule has 0 saturated carbocycles. The summed E-state index contributed by atoms with van der Waals surface area (Å²) in [5.41, 5.74) is 4.41. The van der Waals surface area contributed by atoms with Gasteiger partial charge in [-0.15, -0.1) is 29.3 Å². The minimum atomic E-state index is -3.64. The van der Waals surface area contributed by atoms with Gasteiger partial charge in [0.15, 0.2) is 0 Å².